The Morgan fingerprint density at radius 3 is 2.83 bits per heavy atom. The van der Waals surface area contributed by atoms with E-state index in [1.54, 1.807) is 18.2 Å². The van der Waals surface area contributed by atoms with Gasteiger partial charge in [-0.25, -0.2) is 0 Å². The quantitative estimate of drug-likeness (QED) is 0.477. The maximum absolute atomic E-state index is 10.7. The first-order chi connectivity index (χ1) is 8.70. The fraction of sp³-hybridized carbons (Fsp3) is 0. The Morgan fingerprint density at radius 2 is 2.22 bits per heavy atom. The van der Waals surface area contributed by atoms with E-state index in [9.17, 15) is 10.1 Å². The summed E-state index contributed by atoms with van der Waals surface area (Å²) in [5.74, 6) is 0. The van der Waals surface area contributed by atoms with E-state index in [-0.39, 0.29) is 5.69 Å². The van der Waals surface area contributed by atoms with Crippen LogP contribution < -0.4 is 0 Å². The number of nitrogens with zero attached hydrogens (tertiary/aromatic N) is 2. The number of thiophene rings is 1. The molecule has 1 aromatic carbocycles. The molecule has 0 fully saturated rings. The van der Waals surface area contributed by atoms with Gasteiger partial charge in [0.1, 0.15) is 0 Å². The summed E-state index contributed by atoms with van der Waals surface area (Å²) < 4.78 is 0. The van der Waals surface area contributed by atoms with Crippen molar-refractivity contribution in [2.75, 3.05) is 0 Å². The average molecular weight is 256 g/mol. The summed E-state index contributed by atoms with van der Waals surface area (Å²) in [7, 11) is 0. The molecule has 88 valence electrons. The van der Waals surface area contributed by atoms with Gasteiger partial charge in [0.2, 0.25) is 0 Å². The molecular formula is C13H8N2O2S. The third-order valence-corrected chi connectivity index (χ3v) is 3.14. The molecule has 0 N–H and O–H groups in total. The lowest BCUT2D eigenvalue weighted by molar-refractivity contribution is -0.384. The second-order valence-corrected chi connectivity index (χ2v) is 4.47. The minimum atomic E-state index is -0.469. The van der Waals surface area contributed by atoms with Gasteiger partial charge in [0.05, 0.1) is 16.6 Å². The van der Waals surface area contributed by atoms with Crippen LogP contribution in [0.3, 0.4) is 0 Å². The molecule has 0 amide bonds. The molecule has 0 spiro atoms. The molecule has 0 aliphatic rings. The number of non-ortho nitro benzene ring substituents is 1. The number of hydrogen-bond acceptors (Lipinski definition) is 4. The van der Waals surface area contributed by atoms with Crippen molar-refractivity contribution in [1.82, 2.24) is 0 Å². The number of rotatable bonds is 3. The molecule has 0 aliphatic heterocycles. The molecule has 2 rings (SSSR count). The second-order valence-electron chi connectivity index (χ2n) is 3.49. The fourth-order valence-electron chi connectivity index (χ4n) is 1.48. The Bertz CT molecular complexity index is 639. The van der Waals surface area contributed by atoms with Crippen LogP contribution >= 0.6 is 11.3 Å². The van der Waals surface area contributed by atoms with Crippen LogP contribution in [0.2, 0.25) is 0 Å². The van der Waals surface area contributed by atoms with Gasteiger partial charge in [-0.15, -0.1) is 11.3 Å². The molecule has 5 heteroatoms. The Balaban J connectivity index is 2.43. The Hall–Kier alpha value is -2.45. The van der Waals surface area contributed by atoms with Crippen LogP contribution in [0.25, 0.3) is 11.6 Å². The molecular weight excluding hydrogens is 248 g/mol. The lowest BCUT2D eigenvalue weighted by Crippen LogP contribution is -1.89. The van der Waals surface area contributed by atoms with Gasteiger partial charge in [0.25, 0.3) is 5.69 Å². The minimum Gasteiger partial charge on any atom is -0.258 e. The van der Waals surface area contributed by atoms with E-state index in [2.05, 4.69) is 6.07 Å². The Morgan fingerprint density at radius 1 is 1.39 bits per heavy atom. The Labute approximate surface area is 108 Å². The van der Waals surface area contributed by atoms with Crippen molar-refractivity contribution in [3.8, 4) is 6.07 Å². The van der Waals surface area contributed by atoms with E-state index >= 15 is 0 Å². The first-order valence-electron chi connectivity index (χ1n) is 5.11. The van der Waals surface area contributed by atoms with Crippen molar-refractivity contribution in [2.45, 2.75) is 0 Å². The van der Waals surface area contributed by atoms with Crippen LogP contribution in [0.1, 0.15) is 10.4 Å². The van der Waals surface area contributed by atoms with Crippen LogP contribution in [0.5, 0.6) is 0 Å². The number of nitro benzene ring substituents is 1. The van der Waals surface area contributed by atoms with E-state index in [1.165, 1.54) is 23.5 Å². The van der Waals surface area contributed by atoms with Crippen molar-refractivity contribution < 1.29 is 4.92 Å². The van der Waals surface area contributed by atoms with E-state index in [0.29, 0.717) is 11.1 Å². The monoisotopic (exact) mass is 256 g/mol. The summed E-state index contributed by atoms with van der Waals surface area (Å²) >= 11 is 1.51. The standard InChI is InChI=1S/C13H8N2O2S/c14-9-11(8-13-5-2-6-18-13)10-3-1-4-12(7-10)15(16)17/h1-8H/b11-8-. The van der Waals surface area contributed by atoms with Crippen LogP contribution in [-0.2, 0) is 0 Å². The number of nitriles is 1. The van der Waals surface area contributed by atoms with Gasteiger partial charge in [-0.3, -0.25) is 10.1 Å². The second kappa shape index (κ2) is 5.25. The van der Waals surface area contributed by atoms with Crippen molar-refractivity contribution in [1.29, 1.82) is 5.26 Å². The summed E-state index contributed by atoms with van der Waals surface area (Å²) in [5.41, 5.74) is 0.959. The third kappa shape index (κ3) is 2.62. The molecule has 1 aromatic heterocycles. The predicted octanol–water partition coefficient (Wildman–Crippen LogP) is 3.72. The topological polar surface area (TPSA) is 66.9 Å². The summed E-state index contributed by atoms with van der Waals surface area (Å²) in [6, 6.07) is 11.9. The van der Waals surface area contributed by atoms with Crippen molar-refractivity contribution in [3.05, 3.63) is 62.3 Å². The summed E-state index contributed by atoms with van der Waals surface area (Å²) in [6.07, 6.45) is 1.73. The van der Waals surface area contributed by atoms with Crippen molar-refractivity contribution in [3.63, 3.8) is 0 Å². The summed E-state index contributed by atoms with van der Waals surface area (Å²) in [6.45, 7) is 0. The van der Waals surface area contributed by atoms with Crippen LogP contribution in [0, 0.1) is 21.4 Å². The zero-order valence-corrected chi connectivity index (χ0v) is 10.1. The predicted molar refractivity (Wildman–Crippen MR) is 70.9 cm³/mol. The smallest absolute Gasteiger partial charge is 0.258 e. The number of nitro groups is 1. The maximum atomic E-state index is 10.7. The molecule has 0 atom stereocenters. The number of hydrogen-bond donors (Lipinski definition) is 0. The zero-order chi connectivity index (χ0) is 13.0. The Kier molecular flexibility index (Phi) is 3.51. The molecule has 18 heavy (non-hydrogen) atoms. The molecule has 0 saturated carbocycles. The zero-order valence-electron chi connectivity index (χ0n) is 9.24. The largest absolute Gasteiger partial charge is 0.270 e. The van der Waals surface area contributed by atoms with E-state index in [0.717, 1.165) is 4.88 Å². The third-order valence-electron chi connectivity index (χ3n) is 2.32. The van der Waals surface area contributed by atoms with Gasteiger partial charge in [-0.1, -0.05) is 18.2 Å². The first-order valence-corrected chi connectivity index (χ1v) is 5.99. The number of allylic oxidation sites excluding steroid dienone is 1. The maximum Gasteiger partial charge on any atom is 0.270 e. The van der Waals surface area contributed by atoms with Crippen molar-refractivity contribution in [2.24, 2.45) is 0 Å². The highest BCUT2D eigenvalue weighted by atomic mass is 32.1. The summed E-state index contributed by atoms with van der Waals surface area (Å²) in [5, 5.41) is 21.7. The van der Waals surface area contributed by atoms with Gasteiger partial charge < -0.3 is 0 Å². The van der Waals surface area contributed by atoms with Crippen molar-refractivity contribution >= 4 is 28.7 Å². The normalized spacial score (nSPS) is 10.9. The highest BCUT2D eigenvalue weighted by Gasteiger charge is 2.08. The van der Waals surface area contributed by atoms with Crippen LogP contribution in [0.15, 0.2) is 41.8 Å². The molecule has 2 aromatic rings. The minimum absolute atomic E-state index is 0.0140. The first kappa shape index (κ1) is 12.0. The molecule has 1 heterocycles. The highest BCUT2D eigenvalue weighted by Crippen LogP contribution is 2.23. The molecule has 0 unspecified atom stereocenters. The SMILES string of the molecule is N#C/C(=C/c1cccs1)c1cccc([N+](=O)[O-])c1. The van der Waals surface area contributed by atoms with E-state index in [1.807, 2.05) is 17.5 Å². The van der Waals surface area contributed by atoms with Gasteiger partial charge in [-0.05, 0) is 23.1 Å². The van der Waals surface area contributed by atoms with E-state index < -0.39 is 4.92 Å². The molecule has 0 aliphatic carbocycles. The lowest BCUT2D eigenvalue weighted by atomic mass is 10.1. The highest BCUT2D eigenvalue weighted by molar-refractivity contribution is 7.10. The van der Waals surface area contributed by atoms with Gasteiger partial charge in [-0.2, -0.15) is 5.26 Å². The fourth-order valence-corrected chi connectivity index (χ4v) is 2.14. The van der Waals surface area contributed by atoms with Gasteiger partial charge in [0.15, 0.2) is 0 Å². The molecule has 0 bridgehead atoms. The lowest BCUT2D eigenvalue weighted by Gasteiger charge is -1.98. The van der Waals surface area contributed by atoms with E-state index in [4.69, 9.17) is 5.26 Å². The van der Waals surface area contributed by atoms with Gasteiger partial charge in [0, 0.05) is 17.0 Å². The van der Waals surface area contributed by atoms with Crippen LogP contribution in [-0.4, -0.2) is 4.92 Å². The molecule has 0 saturated heterocycles. The molecule has 4 nitrogen and oxygen atoms in total. The van der Waals surface area contributed by atoms with Crippen LogP contribution in [0.4, 0.5) is 5.69 Å². The van der Waals surface area contributed by atoms with Gasteiger partial charge >= 0.3 is 0 Å². The summed E-state index contributed by atoms with van der Waals surface area (Å²) in [4.78, 5) is 11.2. The number of benzene rings is 1. The molecule has 0 radical (unpaired) electrons. The average Bonchev–Trinajstić information content (AvgIpc) is 2.89.